The van der Waals surface area contributed by atoms with Crippen molar-refractivity contribution in [1.29, 1.82) is 5.26 Å². The molecule has 11 heteroatoms. The summed E-state index contributed by atoms with van der Waals surface area (Å²) in [4.78, 5) is 21.3. The molecule has 9 nitrogen and oxygen atoms in total. The zero-order chi connectivity index (χ0) is 26.2. The minimum Gasteiger partial charge on any atom is -0.354 e. The Hall–Kier alpha value is -3.65. The van der Waals surface area contributed by atoms with Gasteiger partial charge in [-0.2, -0.15) is 15.5 Å². The molecule has 192 valence electrons. The predicted octanol–water partition coefficient (Wildman–Crippen LogP) is 4.24. The summed E-state index contributed by atoms with van der Waals surface area (Å²) in [6.45, 7) is 6.85. The van der Waals surface area contributed by atoms with E-state index in [1.165, 1.54) is 18.2 Å². The second kappa shape index (κ2) is 12.5. The maximum atomic E-state index is 14.3. The van der Waals surface area contributed by atoms with E-state index in [9.17, 15) is 9.18 Å². The normalized spacial score (nSPS) is 14.2. The summed E-state index contributed by atoms with van der Waals surface area (Å²) >= 11 is 6.03. The van der Waals surface area contributed by atoms with Crippen molar-refractivity contribution in [2.24, 2.45) is 0 Å². The molecule has 37 heavy (non-hydrogen) atoms. The maximum Gasteiger partial charge on any atom is 0.226 e. The summed E-state index contributed by atoms with van der Waals surface area (Å²) in [5.74, 6) is -0.127. The van der Waals surface area contributed by atoms with Crippen LogP contribution < -0.4 is 10.6 Å². The number of carbonyl (C=O) groups is 1. The van der Waals surface area contributed by atoms with Crippen LogP contribution in [0.15, 0.2) is 42.6 Å². The third-order valence-corrected chi connectivity index (χ3v) is 6.38. The molecule has 2 N–H and O–H groups in total. The van der Waals surface area contributed by atoms with Gasteiger partial charge in [-0.05, 0) is 37.3 Å². The SMILES string of the molecule is Cc1nnc(-c2cc(Cl)ccc2F)cc1Nc1ccnc(NC(=O)CCN2CCN(CCC#N)CC2)c1. The van der Waals surface area contributed by atoms with Gasteiger partial charge in [0.15, 0.2) is 0 Å². The first kappa shape index (κ1) is 26.4. The van der Waals surface area contributed by atoms with E-state index in [-0.39, 0.29) is 11.5 Å². The Kier molecular flexibility index (Phi) is 8.95. The first-order valence-electron chi connectivity index (χ1n) is 12.1. The number of nitriles is 1. The Bertz CT molecular complexity index is 1290. The number of carbonyl (C=O) groups excluding carboxylic acids is 1. The molecular weight excluding hydrogens is 495 g/mol. The van der Waals surface area contributed by atoms with Crippen molar-refractivity contribution in [3.63, 3.8) is 0 Å². The van der Waals surface area contributed by atoms with Crippen molar-refractivity contribution in [2.45, 2.75) is 19.8 Å². The molecule has 1 saturated heterocycles. The van der Waals surface area contributed by atoms with Crippen molar-refractivity contribution in [3.05, 3.63) is 59.1 Å². The topological polar surface area (TPSA) is 110 Å². The van der Waals surface area contributed by atoms with Gasteiger partial charge in [-0.25, -0.2) is 9.37 Å². The summed E-state index contributed by atoms with van der Waals surface area (Å²) < 4.78 is 14.3. The lowest BCUT2D eigenvalue weighted by Crippen LogP contribution is -2.47. The summed E-state index contributed by atoms with van der Waals surface area (Å²) in [7, 11) is 0. The molecule has 0 spiro atoms. The van der Waals surface area contributed by atoms with E-state index in [4.69, 9.17) is 16.9 Å². The molecule has 0 unspecified atom stereocenters. The lowest BCUT2D eigenvalue weighted by Gasteiger charge is -2.34. The van der Waals surface area contributed by atoms with E-state index in [1.54, 1.807) is 31.3 Å². The molecule has 4 rings (SSSR count). The molecule has 1 amide bonds. The minimum atomic E-state index is -0.441. The number of halogens is 2. The Morgan fingerprint density at radius 2 is 1.86 bits per heavy atom. The van der Waals surface area contributed by atoms with Crippen LogP contribution in [0.5, 0.6) is 0 Å². The number of benzene rings is 1. The fraction of sp³-hybridized carbons (Fsp3) is 0.346. The summed E-state index contributed by atoms with van der Waals surface area (Å²) in [6.07, 6.45) is 2.50. The third-order valence-electron chi connectivity index (χ3n) is 6.15. The van der Waals surface area contributed by atoms with Gasteiger partial charge in [-0.1, -0.05) is 11.6 Å². The number of aryl methyl sites for hydroxylation is 1. The summed E-state index contributed by atoms with van der Waals surface area (Å²) in [5, 5.41) is 23.5. The van der Waals surface area contributed by atoms with E-state index < -0.39 is 5.82 Å². The molecule has 0 aliphatic carbocycles. The van der Waals surface area contributed by atoms with Crippen molar-refractivity contribution >= 4 is 34.7 Å². The number of rotatable bonds is 9. The van der Waals surface area contributed by atoms with E-state index in [1.807, 2.05) is 0 Å². The Morgan fingerprint density at radius 1 is 1.11 bits per heavy atom. The van der Waals surface area contributed by atoms with Crippen LogP contribution in [-0.4, -0.2) is 70.2 Å². The molecule has 0 atom stereocenters. The summed E-state index contributed by atoms with van der Waals surface area (Å²) in [6, 6.07) is 11.7. The third kappa shape index (κ3) is 7.43. The highest BCUT2D eigenvalue weighted by Crippen LogP contribution is 2.28. The molecule has 2 aromatic heterocycles. The molecule has 1 fully saturated rings. The van der Waals surface area contributed by atoms with Gasteiger partial charge in [-0.15, -0.1) is 0 Å². The zero-order valence-electron chi connectivity index (χ0n) is 20.5. The highest BCUT2D eigenvalue weighted by Gasteiger charge is 2.17. The smallest absolute Gasteiger partial charge is 0.226 e. The fourth-order valence-corrected chi connectivity index (χ4v) is 4.22. The molecular formula is C26H28ClFN8O. The molecule has 0 saturated carbocycles. The first-order valence-corrected chi connectivity index (χ1v) is 12.4. The van der Waals surface area contributed by atoms with Crippen LogP contribution in [0, 0.1) is 24.1 Å². The Balaban J connectivity index is 1.34. The Labute approximate surface area is 220 Å². The van der Waals surface area contributed by atoms with Crippen LogP contribution >= 0.6 is 11.6 Å². The van der Waals surface area contributed by atoms with Gasteiger partial charge < -0.3 is 15.5 Å². The predicted molar refractivity (Wildman–Crippen MR) is 141 cm³/mol. The van der Waals surface area contributed by atoms with Gasteiger partial charge >= 0.3 is 0 Å². The number of aromatic nitrogens is 3. The largest absolute Gasteiger partial charge is 0.354 e. The molecule has 3 aromatic rings. The van der Waals surface area contributed by atoms with Gasteiger partial charge in [-0.3, -0.25) is 9.69 Å². The summed E-state index contributed by atoms with van der Waals surface area (Å²) in [5.41, 5.74) is 2.56. The number of nitrogens with zero attached hydrogens (tertiary/aromatic N) is 6. The molecule has 1 aliphatic rings. The Morgan fingerprint density at radius 3 is 2.62 bits per heavy atom. The van der Waals surface area contributed by atoms with E-state index in [0.717, 1.165) is 32.7 Å². The number of hydrogen-bond donors (Lipinski definition) is 2. The van der Waals surface area contributed by atoms with E-state index in [2.05, 4.69) is 41.7 Å². The molecule has 3 heterocycles. The maximum absolute atomic E-state index is 14.3. The van der Waals surface area contributed by atoms with Crippen LogP contribution in [0.4, 0.5) is 21.6 Å². The monoisotopic (exact) mass is 522 g/mol. The lowest BCUT2D eigenvalue weighted by molar-refractivity contribution is -0.116. The van der Waals surface area contributed by atoms with Crippen LogP contribution in [0.1, 0.15) is 18.5 Å². The average molecular weight is 523 g/mol. The van der Waals surface area contributed by atoms with Crippen LogP contribution in [-0.2, 0) is 4.79 Å². The lowest BCUT2D eigenvalue weighted by atomic mass is 10.1. The van der Waals surface area contributed by atoms with Gasteiger partial charge in [0.1, 0.15) is 11.6 Å². The fourth-order valence-electron chi connectivity index (χ4n) is 4.05. The number of nitrogens with one attached hydrogen (secondary N) is 2. The van der Waals surface area contributed by atoms with E-state index >= 15 is 0 Å². The minimum absolute atomic E-state index is 0.114. The standard InChI is InChI=1S/C26H28ClFN8O/c1-18-23(17-24(34-33-18)21-15-19(27)3-4-22(21)28)31-20-5-8-30-25(16-20)32-26(37)6-10-36-13-11-35(12-14-36)9-2-7-29/h3-5,8,15-17H,2,6,9-14H2,1H3,(H2,30,31,32,34,37). The average Bonchev–Trinajstić information content (AvgIpc) is 2.90. The number of hydrogen-bond acceptors (Lipinski definition) is 8. The molecule has 0 bridgehead atoms. The number of pyridine rings is 1. The van der Waals surface area contributed by atoms with Crippen molar-refractivity contribution < 1.29 is 9.18 Å². The van der Waals surface area contributed by atoms with Gasteiger partial charge in [0.25, 0.3) is 0 Å². The molecule has 1 aromatic carbocycles. The second-order valence-electron chi connectivity index (χ2n) is 8.80. The zero-order valence-corrected chi connectivity index (χ0v) is 21.3. The quantitative estimate of drug-likeness (QED) is 0.429. The van der Waals surface area contributed by atoms with Gasteiger partial charge in [0.05, 0.1) is 23.1 Å². The van der Waals surface area contributed by atoms with Crippen LogP contribution in [0.3, 0.4) is 0 Å². The van der Waals surface area contributed by atoms with Gasteiger partial charge in [0.2, 0.25) is 5.91 Å². The molecule has 0 radical (unpaired) electrons. The molecule has 1 aliphatic heterocycles. The van der Waals surface area contributed by atoms with Crippen LogP contribution in [0.2, 0.25) is 5.02 Å². The number of anilines is 3. The number of amides is 1. The highest BCUT2D eigenvalue weighted by atomic mass is 35.5. The van der Waals surface area contributed by atoms with Crippen molar-refractivity contribution in [3.8, 4) is 17.3 Å². The number of piperazine rings is 1. The van der Waals surface area contributed by atoms with Crippen LogP contribution in [0.25, 0.3) is 11.3 Å². The van der Waals surface area contributed by atoms with Gasteiger partial charge in [0, 0.05) is 80.6 Å². The first-order chi connectivity index (χ1) is 17.9. The highest BCUT2D eigenvalue weighted by molar-refractivity contribution is 6.30. The van der Waals surface area contributed by atoms with E-state index in [0.29, 0.717) is 53.0 Å². The second-order valence-corrected chi connectivity index (χ2v) is 9.23. The van der Waals surface area contributed by atoms with Crippen molar-refractivity contribution in [2.75, 3.05) is 49.9 Å². The van der Waals surface area contributed by atoms with Crippen molar-refractivity contribution in [1.82, 2.24) is 25.0 Å².